The predicted octanol–water partition coefficient (Wildman–Crippen LogP) is 5.14. The lowest BCUT2D eigenvalue weighted by atomic mass is 10.0. The number of carbonyl (C=O) groups excluding carboxylic acids is 1. The summed E-state index contributed by atoms with van der Waals surface area (Å²) >= 11 is 0. The summed E-state index contributed by atoms with van der Waals surface area (Å²) in [5, 5.41) is 3.44. The Morgan fingerprint density at radius 2 is 2.00 bits per heavy atom. The zero-order chi connectivity index (χ0) is 24.5. The highest BCUT2D eigenvalue weighted by Crippen LogP contribution is 2.28. The Morgan fingerprint density at radius 1 is 1.33 bits per heavy atom. The van der Waals surface area contributed by atoms with Gasteiger partial charge in [0, 0.05) is 48.7 Å². The van der Waals surface area contributed by atoms with Gasteiger partial charge in [0.25, 0.3) is 0 Å². The summed E-state index contributed by atoms with van der Waals surface area (Å²) in [6.07, 6.45) is 8.12. The smallest absolute Gasteiger partial charge is 0.190 e. The van der Waals surface area contributed by atoms with Crippen LogP contribution in [0.15, 0.2) is 47.1 Å². The molecular formula is C26H35F2N3O2. The van der Waals surface area contributed by atoms with E-state index >= 15 is 0 Å². The second kappa shape index (κ2) is 12.4. The predicted molar refractivity (Wildman–Crippen MR) is 130 cm³/mol. The second-order valence-corrected chi connectivity index (χ2v) is 8.31. The molecule has 0 saturated carbocycles. The molecular weight excluding hydrogens is 424 g/mol. The monoisotopic (exact) mass is 459 g/mol. The van der Waals surface area contributed by atoms with Crippen LogP contribution in [0.4, 0.5) is 8.78 Å². The third-order valence-electron chi connectivity index (χ3n) is 5.66. The number of rotatable bonds is 9. The molecule has 1 saturated heterocycles. The summed E-state index contributed by atoms with van der Waals surface area (Å²) in [6, 6.07) is 2.67. The largest absolute Gasteiger partial charge is 0.491 e. The summed E-state index contributed by atoms with van der Waals surface area (Å²) in [5.74, 6) is -2.34. The Morgan fingerprint density at radius 3 is 2.52 bits per heavy atom. The molecule has 2 rings (SSSR count). The van der Waals surface area contributed by atoms with Crippen molar-refractivity contribution in [3.05, 3.63) is 59.3 Å². The maximum absolute atomic E-state index is 14.4. The van der Waals surface area contributed by atoms with Crippen LogP contribution < -0.4 is 10.1 Å². The first-order valence-electron chi connectivity index (χ1n) is 11.4. The van der Waals surface area contributed by atoms with Crippen LogP contribution in [-0.4, -0.2) is 49.2 Å². The van der Waals surface area contributed by atoms with Gasteiger partial charge in [-0.05, 0) is 57.4 Å². The molecule has 1 aromatic rings. The van der Waals surface area contributed by atoms with Gasteiger partial charge in [0.2, 0.25) is 0 Å². The first kappa shape index (κ1) is 26.5. The number of nitrogens with zero attached hydrogens (tertiary/aromatic N) is 2. The molecule has 1 heterocycles. The van der Waals surface area contributed by atoms with Gasteiger partial charge in [-0.2, -0.15) is 0 Å². The molecule has 1 fully saturated rings. The average molecular weight is 460 g/mol. The van der Waals surface area contributed by atoms with Crippen molar-refractivity contribution in [2.45, 2.75) is 47.1 Å². The highest BCUT2D eigenvalue weighted by Gasteiger charge is 2.18. The fraction of sp³-hybridized carbons (Fsp3) is 0.462. The van der Waals surface area contributed by atoms with Gasteiger partial charge >= 0.3 is 0 Å². The van der Waals surface area contributed by atoms with E-state index in [0.29, 0.717) is 6.04 Å². The van der Waals surface area contributed by atoms with Crippen molar-refractivity contribution < 1.29 is 18.3 Å². The van der Waals surface area contributed by atoms with Gasteiger partial charge in [-0.3, -0.25) is 9.79 Å². The average Bonchev–Trinajstić information content (AvgIpc) is 2.77. The molecule has 7 heteroatoms. The zero-order valence-electron chi connectivity index (χ0n) is 20.4. The molecule has 0 spiro atoms. The van der Waals surface area contributed by atoms with E-state index in [0.717, 1.165) is 49.6 Å². The Kier molecular flexibility index (Phi) is 9.97. The maximum atomic E-state index is 14.4. The van der Waals surface area contributed by atoms with E-state index in [4.69, 9.17) is 9.73 Å². The van der Waals surface area contributed by atoms with Crippen LogP contribution in [-0.2, 0) is 4.79 Å². The first-order valence-corrected chi connectivity index (χ1v) is 11.4. The van der Waals surface area contributed by atoms with Crippen LogP contribution in [0.5, 0.6) is 5.75 Å². The minimum atomic E-state index is -0.846. The minimum absolute atomic E-state index is 0.0737. The second-order valence-electron chi connectivity index (χ2n) is 8.31. The number of allylic oxidation sites excluding steroid dienone is 4. The van der Waals surface area contributed by atoms with Gasteiger partial charge in [0.05, 0.1) is 12.8 Å². The van der Waals surface area contributed by atoms with E-state index in [1.807, 2.05) is 32.9 Å². The van der Waals surface area contributed by atoms with Gasteiger partial charge in [-0.1, -0.05) is 19.9 Å². The fourth-order valence-electron chi connectivity index (χ4n) is 3.66. The van der Waals surface area contributed by atoms with E-state index in [2.05, 4.69) is 23.2 Å². The molecule has 33 heavy (non-hydrogen) atoms. The number of benzene rings is 1. The molecule has 1 aliphatic rings. The number of halogens is 2. The van der Waals surface area contributed by atoms with Crippen molar-refractivity contribution >= 4 is 17.2 Å². The number of aliphatic imine (C=N–C) groups is 1. The van der Waals surface area contributed by atoms with Crippen LogP contribution in [0, 0.1) is 17.6 Å². The van der Waals surface area contributed by atoms with Gasteiger partial charge in [0.1, 0.15) is 0 Å². The van der Waals surface area contributed by atoms with E-state index < -0.39 is 17.4 Å². The standard InChI is InChI=1S/C26H35F2N3O2/c1-7-17(3)24(10-9-21(8-2)31-12-11-29-18(4)16-31)30-25(13-19(5)32)20-14-22(27)26(33-6)23(28)15-20/h8-10,13-15,17-18,29H,7,11-12,16H2,1-6H3/b10-9-,21-8+,25-13-,30-24+/t17?,18-/m0/s1. The lowest BCUT2D eigenvalue weighted by Gasteiger charge is -2.34. The summed E-state index contributed by atoms with van der Waals surface area (Å²) < 4.78 is 33.5. The number of piperazine rings is 1. The molecule has 2 atom stereocenters. The van der Waals surface area contributed by atoms with Crippen LogP contribution in [0.3, 0.4) is 0 Å². The summed E-state index contributed by atoms with van der Waals surface area (Å²) in [6.45, 7) is 12.3. The van der Waals surface area contributed by atoms with Gasteiger partial charge < -0.3 is 15.0 Å². The lowest BCUT2D eigenvalue weighted by molar-refractivity contribution is -0.112. The topological polar surface area (TPSA) is 53.9 Å². The number of hydrogen-bond donors (Lipinski definition) is 1. The van der Waals surface area contributed by atoms with Gasteiger partial charge in [-0.15, -0.1) is 0 Å². The number of ketones is 1. The molecule has 180 valence electrons. The Bertz CT molecular complexity index is 943. The summed E-state index contributed by atoms with van der Waals surface area (Å²) in [5.41, 5.74) is 2.19. The number of hydrogen-bond acceptors (Lipinski definition) is 5. The maximum Gasteiger partial charge on any atom is 0.190 e. The summed E-state index contributed by atoms with van der Waals surface area (Å²) in [7, 11) is 1.20. The molecule has 5 nitrogen and oxygen atoms in total. The van der Waals surface area contributed by atoms with Crippen molar-refractivity contribution in [1.29, 1.82) is 0 Å². The van der Waals surface area contributed by atoms with Crippen molar-refractivity contribution in [2.75, 3.05) is 26.7 Å². The molecule has 1 aliphatic heterocycles. The normalized spacial score (nSPS) is 19.2. The van der Waals surface area contributed by atoms with Crippen LogP contribution in [0.25, 0.3) is 5.70 Å². The van der Waals surface area contributed by atoms with Crippen molar-refractivity contribution in [3.8, 4) is 5.75 Å². The first-order chi connectivity index (χ1) is 15.7. The van der Waals surface area contributed by atoms with Crippen LogP contribution in [0.2, 0.25) is 0 Å². The SMILES string of the molecule is C\C=C(/C=C\C(=N/C(=C\C(C)=O)c1cc(F)c(OC)c(F)c1)C(C)CC)N1CCN[C@@H](C)C1. The van der Waals surface area contributed by atoms with Crippen LogP contribution in [0.1, 0.15) is 46.6 Å². The molecule has 0 aromatic heterocycles. The van der Waals surface area contributed by atoms with Gasteiger partial charge in [-0.25, -0.2) is 8.78 Å². The fourth-order valence-corrected chi connectivity index (χ4v) is 3.66. The highest BCUT2D eigenvalue weighted by molar-refractivity contribution is 6.03. The third kappa shape index (κ3) is 7.35. The molecule has 1 N–H and O–H groups in total. The zero-order valence-corrected chi connectivity index (χ0v) is 20.4. The molecule has 0 amide bonds. The minimum Gasteiger partial charge on any atom is -0.491 e. The van der Waals surface area contributed by atoms with Crippen LogP contribution >= 0.6 is 0 Å². The van der Waals surface area contributed by atoms with Gasteiger partial charge in [0.15, 0.2) is 23.2 Å². The molecule has 1 unspecified atom stereocenters. The highest BCUT2D eigenvalue weighted by atomic mass is 19.1. The van der Waals surface area contributed by atoms with Crippen molar-refractivity contribution in [2.24, 2.45) is 10.9 Å². The molecule has 0 bridgehead atoms. The van der Waals surface area contributed by atoms with E-state index in [-0.39, 0.29) is 23.0 Å². The number of ether oxygens (including phenoxy) is 1. The Labute approximate surface area is 195 Å². The third-order valence-corrected chi connectivity index (χ3v) is 5.66. The number of carbonyl (C=O) groups is 1. The molecule has 0 aliphatic carbocycles. The van der Waals surface area contributed by atoms with E-state index in [1.165, 1.54) is 20.1 Å². The van der Waals surface area contributed by atoms with Crippen molar-refractivity contribution in [1.82, 2.24) is 10.2 Å². The van der Waals surface area contributed by atoms with E-state index in [1.54, 1.807) is 0 Å². The Hall–Kier alpha value is -2.80. The molecule has 1 aromatic carbocycles. The number of methoxy groups -OCH3 is 1. The lowest BCUT2D eigenvalue weighted by Crippen LogP contribution is -2.48. The van der Waals surface area contributed by atoms with E-state index in [9.17, 15) is 13.6 Å². The van der Waals surface area contributed by atoms with Crippen molar-refractivity contribution in [3.63, 3.8) is 0 Å². The number of nitrogens with one attached hydrogen (secondary N) is 1. The Balaban J connectivity index is 2.48. The summed E-state index contributed by atoms with van der Waals surface area (Å²) in [4.78, 5) is 18.9. The quantitative estimate of drug-likeness (QED) is 0.315. The molecule has 0 radical (unpaired) electrons.